The first-order chi connectivity index (χ1) is 13.6. The molecule has 0 bridgehead atoms. The molecule has 1 atom stereocenters. The third-order valence-electron chi connectivity index (χ3n) is 4.85. The van der Waals surface area contributed by atoms with E-state index in [2.05, 4.69) is 10.4 Å². The van der Waals surface area contributed by atoms with E-state index in [4.69, 9.17) is 0 Å². The highest BCUT2D eigenvalue weighted by Gasteiger charge is 2.26. The highest BCUT2D eigenvalue weighted by molar-refractivity contribution is 7.99. The number of thioether (sulfide) groups is 1. The van der Waals surface area contributed by atoms with Gasteiger partial charge in [0, 0.05) is 22.6 Å². The number of amides is 1. The van der Waals surface area contributed by atoms with Gasteiger partial charge in [0.15, 0.2) is 5.69 Å². The molecule has 0 fully saturated rings. The first kappa shape index (κ1) is 18.7. The lowest BCUT2D eigenvalue weighted by molar-refractivity contribution is 0.0929. The predicted octanol–water partition coefficient (Wildman–Crippen LogP) is 3.91. The van der Waals surface area contributed by atoms with Crippen molar-refractivity contribution in [2.24, 2.45) is 0 Å². The van der Waals surface area contributed by atoms with Gasteiger partial charge in [-0.15, -0.1) is 11.8 Å². The predicted molar refractivity (Wildman–Crippen MR) is 108 cm³/mol. The standard InChI is InChI=1S/C21H20FN3O2S/c1-2-11-25-21(27)14-7-4-3-6-13(14)18(24-25)20(26)23-17-10-12-28-19-15(17)8-5-9-16(19)22/h3-9,17H,2,10-12H2,1H3,(H,23,26)/t17-/m1/s1. The van der Waals surface area contributed by atoms with E-state index in [9.17, 15) is 14.0 Å². The minimum atomic E-state index is -0.354. The van der Waals surface area contributed by atoms with Crippen LogP contribution in [0.25, 0.3) is 10.8 Å². The Kier molecular flexibility index (Phi) is 5.17. The third-order valence-corrected chi connectivity index (χ3v) is 6.01. The molecule has 0 saturated carbocycles. The molecule has 28 heavy (non-hydrogen) atoms. The molecule has 144 valence electrons. The van der Waals surface area contributed by atoms with Crippen molar-refractivity contribution in [2.45, 2.75) is 37.2 Å². The smallest absolute Gasteiger partial charge is 0.274 e. The monoisotopic (exact) mass is 397 g/mol. The van der Waals surface area contributed by atoms with E-state index in [1.807, 2.05) is 13.0 Å². The second kappa shape index (κ2) is 7.75. The van der Waals surface area contributed by atoms with Gasteiger partial charge in [-0.2, -0.15) is 5.10 Å². The summed E-state index contributed by atoms with van der Waals surface area (Å²) in [4.78, 5) is 26.3. The minimum absolute atomic E-state index is 0.199. The summed E-state index contributed by atoms with van der Waals surface area (Å²) in [5.74, 6) is 0.109. The molecular formula is C21H20FN3O2S. The lowest BCUT2D eigenvalue weighted by atomic mass is 10.0. The summed E-state index contributed by atoms with van der Waals surface area (Å²) in [6.45, 7) is 2.40. The molecule has 2 heterocycles. The first-order valence-corrected chi connectivity index (χ1v) is 10.3. The number of nitrogens with one attached hydrogen (secondary N) is 1. The van der Waals surface area contributed by atoms with Crippen LogP contribution in [0.2, 0.25) is 0 Å². The number of hydrogen-bond donors (Lipinski definition) is 1. The Labute approximate surface area is 165 Å². The van der Waals surface area contributed by atoms with Crippen molar-refractivity contribution >= 4 is 28.4 Å². The molecule has 0 saturated heterocycles. The Morgan fingerprint density at radius 2 is 2.04 bits per heavy atom. The second-order valence-corrected chi connectivity index (χ2v) is 7.85. The number of benzene rings is 2. The van der Waals surface area contributed by atoms with Gasteiger partial charge in [-0.05, 0) is 30.5 Å². The van der Waals surface area contributed by atoms with Gasteiger partial charge in [-0.1, -0.05) is 37.3 Å². The first-order valence-electron chi connectivity index (χ1n) is 9.32. The molecule has 0 radical (unpaired) electrons. The molecule has 1 aliphatic rings. The molecule has 4 rings (SSSR count). The Bertz CT molecular complexity index is 1110. The van der Waals surface area contributed by atoms with E-state index < -0.39 is 0 Å². The molecule has 0 unspecified atom stereocenters. The quantitative estimate of drug-likeness (QED) is 0.725. The lowest BCUT2D eigenvalue weighted by Crippen LogP contribution is -2.34. The van der Waals surface area contributed by atoms with Crippen molar-refractivity contribution < 1.29 is 9.18 Å². The molecule has 5 nitrogen and oxygen atoms in total. The summed E-state index contributed by atoms with van der Waals surface area (Å²) < 4.78 is 15.5. The fourth-order valence-corrected chi connectivity index (χ4v) is 4.67. The van der Waals surface area contributed by atoms with E-state index >= 15 is 0 Å². The molecule has 2 aromatic carbocycles. The summed E-state index contributed by atoms with van der Waals surface area (Å²) in [7, 11) is 0. The van der Waals surface area contributed by atoms with E-state index in [0.29, 0.717) is 28.6 Å². The zero-order valence-electron chi connectivity index (χ0n) is 15.4. The lowest BCUT2D eigenvalue weighted by Gasteiger charge is -2.26. The number of nitrogens with zero attached hydrogens (tertiary/aromatic N) is 2. The minimum Gasteiger partial charge on any atom is -0.344 e. The maximum absolute atomic E-state index is 14.1. The molecule has 3 aromatic rings. The Hall–Kier alpha value is -2.67. The number of rotatable bonds is 4. The molecule has 1 aliphatic heterocycles. The molecule has 7 heteroatoms. The van der Waals surface area contributed by atoms with Gasteiger partial charge in [0.1, 0.15) is 5.82 Å². The van der Waals surface area contributed by atoms with E-state index in [1.165, 1.54) is 22.5 Å². The Balaban J connectivity index is 1.74. The van der Waals surface area contributed by atoms with Gasteiger partial charge < -0.3 is 5.32 Å². The second-order valence-electron chi connectivity index (χ2n) is 6.74. The van der Waals surface area contributed by atoms with Gasteiger partial charge in [0.05, 0.1) is 11.4 Å². The summed E-state index contributed by atoms with van der Waals surface area (Å²) in [5, 5.41) is 8.35. The van der Waals surface area contributed by atoms with E-state index in [0.717, 1.165) is 17.7 Å². The van der Waals surface area contributed by atoms with Gasteiger partial charge in [-0.25, -0.2) is 9.07 Å². The zero-order valence-corrected chi connectivity index (χ0v) is 16.3. The normalized spacial score (nSPS) is 16.0. The van der Waals surface area contributed by atoms with Crippen LogP contribution in [0.15, 0.2) is 52.2 Å². The Morgan fingerprint density at radius 3 is 2.82 bits per heavy atom. The average Bonchev–Trinajstić information content (AvgIpc) is 2.71. The zero-order chi connectivity index (χ0) is 19.7. The van der Waals surface area contributed by atoms with E-state index in [-0.39, 0.29) is 29.0 Å². The summed E-state index contributed by atoms with van der Waals surface area (Å²) in [6, 6.07) is 11.7. The molecule has 0 spiro atoms. The van der Waals surface area contributed by atoms with Crippen LogP contribution in [0.1, 0.15) is 41.9 Å². The van der Waals surface area contributed by atoms with Crippen LogP contribution >= 0.6 is 11.8 Å². The maximum atomic E-state index is 14.1. The fraction of sp³-hybridized carbons (Fsp3) is 0.286. The summed E-state index contributed by atoms with van der Waals surface area (Å²) in [6.07, 6.45) is 1.44. The number of carbonyl (C=O) groups is 1. The maximum Gasteiger partial charge on any atom is 0.274 e. The molecule has 1 amide bonds. The topological polar surface area (TPSA) is 64.0 Å². The van der Waals surface area contributed by atoms with Crippen LogP contribution in [0, 0.1) is 5.82 Å². The van der Waals surface area contributed by atoms with Crippen LogP contribution in [-0.2, 0) is 6.54 Å². The average molecular weight is 397 g/mol. The Morgan fingerprint density at radius 1 is 1.25 bits per heavy atom. The van der Waals surface area contributed by atoms with Crippen LogP contribution in [0.5, 0.6) is 0 Å². The van der Waals surface area contributed by atoms with Gasteiger partial charge in [-0.3, -0.25) is 9.59 Å². The number of halogens is 1. The van der Waals surface area contributed by atoms with Gasteiger partial charge in [0.25, 0.3) is 11.5 Å². The summed E-state index contributed by atoms with van der Waals surface area (Å²) >= 11 is 1.47. The fourth-order valence-electron chi connectivity index (χ4n) is 3.53. The van der Waals surface area contributed by atoms with Crippen LogP contribution in [-0.4, -0.2) is 21.4 Å². The summed E-state index contributed by atoms with van der Waals surface area (Å²) in [5.41, 5.74) is 0.811. The van der Waals surface area contributed by atoms with Crippen molar-refractivity contribution in [1.29, 1.82) is 0 Å². The number of aryl methyl sites for hydroxylation is 1. The number of fused-ring (bicyclic) bond motifs is 2. The molecule has 1 aromatic heterocycles. The van der Waals surface area contributed by atoms with Crippen LogP contribution in [0.3, 0.4) is 0 Å². The number of hydrogen-bond acceptors (Lipinski definition) is 4. The van der Waals surface area contributed by atoms with Crippen molar-refractivity contribution in [2.75, 3.05) is 5.75 Å². The highest BCUT2D eigenvalue weighted by atomic mass is 32.2. The van der Waals surface area contributed by atoms with Gasteiger partial charge in [0.2, 0.25) is 0 Å². The van der Waals surface area contributed by atoms with Crippen molar-refractivity contribution in [3.05, 3.63) is 69.9 Å². The van der Waals surface area contributed by atoms with Crippen LogP contribution < -0.4 is 10.9 Å². The van der Waals surface area contributed by atoms with Gasteiger partial charge >= 0.3 is 0 Å². The molecule has 0 aliphatic carbocycles. The number of carbonyl (C=O) groups excluding carboxylic acids is 1. The molecular weight excluding hydrogens is 377 g/mol. The van der Waals surface area contributed by atoms with Crippen molar-refractivity contribution in [1.82, 2.24) is 15.1 Å². The third kappa shape index (κ3) is 3.30. The highest BCUT2D eigenvalue weighted by Crippen LogP contribution is 2.37. The van der Waals surface area contributed by atoms with E-state index in [1.54, 1.807) is 30.3 Å². The van der Waals surface area contributed by atoms with Crippen LogP contribution in [0.4, 0.5) is 4.39 Å². The van der Waals surface area contributed by atoms with Crippen molar-refractivity contribution in [3.8, 4) is 0 Å². The van der Waals surface area contributed by atoms with Crippen molar-refractivity contribution in [3.63, 3.8) is 0 Å². The number of aromatic nitrogens is 2. The largest absolute Gasteiger partial charge is 0.344 e. The SMILES string of the molecule is CCCn1nc(C(=O)N[C@@H]2CCSc3c(F)cccc32)c2ccccc2c1=O. The molecule has 1 N–H and O–H groups in total.